The van der Waals surface area contributed by atoms with Gasteiger partial charge in [-0.25, -0.2) is 13.6 Å². The molecule has 0 amide bonds. The number of pyridine rings is 1. The summed E-state index contributed by atoms with van der Waals surface area (Å²) < 4.78 is 101. The third kappa shape index (κ3) is 4.61. The van der Waals surface area contributed by atoms with Gasteiger partial charge in [0.05, 0.1) is 17.2 Å². The summed E-state index contributed by atoms with van der Waals surface area (Å²) in [6.07, 6.45) is -8.96. The van der Waals surface area contributed by atoms with E-state index in [4.69, 9.17) is 5.14 Å². The quantitative estimate of drug-likeness (QED) is 0.713. The molecule has 1 aromatic heterocycles. The van der Waals surface area contributed by atoms with E-state index in [1.54, 1.807) is 0 Å². The van der Waals surface area contributed by atoms with Gasteiger partial charge in [-0.1, -0.05) is 12.1 Å². The highest BCUT2D eigenvalue weighted by molar-refractivity contribution is 7.89. The van der Waals surface area contributed by atoms with Crippen molar-refractivity contribution in [2.45, 2.75) is 30.1 Å². The molecule has 1 heterocycles. The molecule has 29 heavy (non-hydrogen) atoms. The van der Waals surface area contributed by atoms with E-state index in [1.807, 2.05) is 0 Å². The molecule has 2 aromatic rings. The van der Waals surface area contributed by atoms with Gasteiger partial charge in [-0.05, 0) is 53.8 Å². The van der Waals surface area contributed by atoms with Crippen LogP contribution in [0.3, 0.4) is 0 Å². The first-order chi connectivity index (χ1) is 13.3. The Hall–Kier alpha value is -2.40. The van der Waals surface area contributed by atoms with Crippen LogP contribution in [0.2, 0.25) is 0 Å². The number of rotatable bonds is 3. The molecule has 1 aliphatic rings. The van der Waals surface area contributed by atoms with E-state index in [0.717, 1.165) is 36.5 Å². The minimum atomic E-state index is -4.56. The van der Waals surface area contributed by atoms with Crippen LogP contribution in [0.15, 0.2) is 47.5 Å². The van der Waals surface area contributed by atoms with Crippen molar-refractivity contribution in [1.82, 2.24) is 4.98 Å². The monoisotopic (exact) mass is 436 g/mol. The van der Waals surface area contributed by atoms with Crippen LogP contribution >= 0.6 is 0 Å². The van der Waals surface area contributed by atoms with Crippen LogP contribution in [-0.4, -0.2) is 19.6 Å². The number of hydrogen-bond donors (Lipinski definition) is 1. The fourth-order valence-electron chi connectivity index (χ4n) is 3.18. The maximum Gasteiger partial charge on any atom is 0.416 e. The molecule has 11 heteroatoms. The van der Waals surface area contributed by atoms with E-state index < -0.39 is 46.7 Å². The van der Waals surface area contributed by atoms with E-state index in [-0.39, 0.29) is 27.3 Å². The van der Waals surface area contributed by atoms with Crippen LogP contribution in [-0.2, 0) is 16.2 Å². The molecule has 1 aromatic carbocycles. The number of nitrogens with two attached hydrogens (primary N) is 1. The first-order valence-electron chi connectivity index (χ1n) is 8.22. The zero-order chi connectivity index (χ0) is 21.6. The normalized spacial score (nSPS) is 18.4. The molecule has 1 atom stereocenters. The van der Waals surface area contributed by atoms with Crippen LogP contribution in [0.1, 0.15) is 29.7 Å². The van der Waals surface area contributed by atoms with Crippen LogP contribution in [0.25, 0.3) is 11.1 Å². The third-order valence-corrected chi connectivity index (χ3v) is 5.56. The Bertz CT molecular complexity index is 1040. The second-order valence-corrected chi connectivity index (χ2v) is 8.16. The van der Waals surface area contributed by atoms with Crippen LogP contribution in [0.5, 0.6) is 0 Å². The largest absolute Gasteiger partial charge is 0.416 e. The van der Waals surface area contributed by atoms with Gasteiger partial charge in [0.2, 0.25) is 10.0 Å². The molecule has 3 rings (SSSR count). The van der Waals surface area contributed by atoms with Crippen molar-refractivity contribution >= 4 is 21.2 Å². The van der Waals surface area contributed by atoms with Gasteiger partial charge in [-0.15, -0.1) is 0 Å². The summed E-state index contributed by atoms with van der Waals surface area (Å²) >= 11 is 0. The Labute approximate surface area is 162 Å². The Morgan fingerprint density at radius 1 is 0.897 bits per heavy atom. The van der Waals surface area contributed by atoms with Gasteiger partial charge in [0.15, 0.2) is 0 Å². The molecule has 0 saturated heterocycles. The van der Waals surface area contributed by atoms with Crippen molar-refractivity contribution in [2.24, 2.45) is 11.1 Å². The molecule has 0 fully saturated rings. The molecule has 156 valence electrons. The molecule has 0 saturated carbocycles. The number of alkyl halides is 6. The van der Waals surface area contributed by atoms with Crippen molar-refractivity contribution in [3.05, 3.63) is 59.4 Å². The highest BCUT2D eigenvalue weighted by Gasteiger charge is 2.44. The van der Waals surface area contributed by atoms with Gasteiger partial charge >= 0.3 is 12.4 Å². The fraction of sp³-hybridized carbons (Fsp3) is 0.278. The van der Waals surface area contributed by atoms with Gasteiger partial charge in [0.25, 0.3) is 0 Å². The zero-order valence-electron chi connectivity index (χ0n) is 14.6. The number of primary sulfonamides is 1. The number of hydrogen-bond acceptors (Lipinski definition) is 3. The summed E-state index contributed by atoms with van der Waals surface area (Å²) in [7, 11) is -4.03. The van der Waals surface area contributed by atoms with E-state index in [1.165, 1.54) is 6.07 Å². The molecular formula is C18H14F6N2O2S. The lowest BCUT2D eigenvalue weighted by molar-refractivity contribution is -0.170. The van der Waals surface area contributed by atoms with Crippen molar-refractivity contribution in [1.29, 1.82) is 0 Å². The van der Waals surface area contributed by atoms with E-state index in [9.17, 15) is 34.8 Å². The van der Waals surface area contributed by atoms with Gasteiger partial charge in [0, 0.05) is 6.20 Å². The van der Waals surface area contributed by atoms with Crippen molar-refractivity contribution in [3.63, 3.8) is 0 Å². The lowest BCUT2D eigenvalue weighted by atomic mass is 9.98. The maximum atomic E-state index is 13.3. The minimum absolute atomic E-state index is 0.110. The number of halogens is 6. The van der Waals surface area contributed by atoms with E-state index >= 15 is 0 Å². The minimum Gasteiger partial charge on any atom is -0.255 e. The number of benzene rings is 1. The SMILES string of the molecule is NS(=O)(=O)c1ccc(C2=C(c3ccc(C(F)(F)F)cc3)CC(C(F)(F)F)C2)nc1. The molecular weight excluding hydrogens is 422 g/mol. The fourth-order valence-corrected chi connectivity index (χ4v) is 3.64. The van der Waals surface area contributed by atoms with Crippen molar-refractivity contribution < 1.29 is 34.8 Å². The summed E-state index contributed by atoms with van der Waals surface area (Å²) in [5.74, 6) is -1.71. The lowest BCUT2D eigenvalue weighted by Crippen LogP contribution is -2.20. The third-order valence-electron chi connectivity index (χ3n) is 4.66. The molecule has 0 aliphatic heterocycles. The maximum absolute atomic E-state index is 13.3. The molecule has 1 aliphatic carbocycles. The first-order valence-corrected chi connectivity index (χ1v) is 9.77. The number of sulfonamides is 1. The van der Waals surface area contributed by atoms with Crippen molar-refractivity contribution in [2.75, 3.05) is 0 Å². The average Bonchev–Trinajstić information content (AvgIpc) is 3.06. The van der Waals surface area contributed by atoms with Gasteiger partial charge < -0.3 is 0 Å². The summed E-state index contributed by atoms with van der Waals surface area (Å²) in [6.45, 7) is 0. The molecule has 0 radical (unpaired) electrons. The molecule has 0 bridgehead atoms. The number of allylic oxidation sites excluding steroid dienone is 2. The zero-order valence-corrected chi connectivity index (χ0v) is 15.4. The molecule has 4 nitrogen and oxygen atoms in total. The molecule has 0 spiro atoms. The summed E-state index contributed by atoms with van der Waals surface area (Å²) in [6, 6.07) is 6.20. The van der Waals surface area contributed by atoms with Crippen LogP contribution in [0, 0.1) is 5.92 Å². The van der Waals surface area contributed by atoms with E-state index in [2.05, 4.69) is 4.98 Å². The second-order valence-electron chi connectivity index (χ2n) is 6.60. The molecule has 2 N–H and O–H groups in total. The van der Waals surface area contributed by atoms with E-state index in [0.29, 0.717) is 0 Å². The lowest BCUT2D eigenvalue weighted by Gasteiger charge is -2.14. The smallest absolute Gasteiger partial charge is 0.255 e. The topological polar surface area (TPSA) is 73.1 Å². The Balaban J connectivity index is 2.05. The highest BCUT2D eigenvalue weighted by atomic mass is 32.2. The summed E-state index contributed by atoms with van der Waals surface area (Å²) in [4.78, 5) is 3.61. The number of aromatic nitrogens is 1. The Morgan fingerprint density at radius 3 is 1.93 bits per heavy atom. The van der Waals surface area contributed by atoms with Gasteiger partial charge in [0.1, 0.15) is 4.90 Å². The predicted octanol–water partition coefficient (Wildman–Crippen LogP) is 4.63. The van der Waals surface area contributed by atoms with Crippen LogP contribution in [0.4, 0.5) is 26.3 Å². The van der Waals surface area contributed by atoms with Gasteiger partial charge in [-0.3, -0.25) is 4.98 Å². The highest BCUT2D eigenvalue weighted by Crippen LogP contribution is 2.48. The second kappa shape index (κ2) is 7.13. The molecule has 1 unspecified atom stereocenters. The number of nitrogens with zero attached hydrogens (tertiary/aromatic N) is 1. The first kappa shape index (κ1) is 21.3. The van der Waals surface area contributed by atoms with Crippen molar-refractivity contribution in [3.8, 4) is 0 Å². The van der Waals surface area contributed by atoms with Gasteiger partial charge in [-0.2, -0.15) is 26.3 Å². The Morgan fingerprint density at radius 2 is 1.48 bits per heavy atom. The summed E-state index contributed by atoms with van der Waals surface area (Å²) in [5.41, 5.74) is -0.162. The standard InChI is InChI=1S/C18H14F6N2O2S/c19-17(20,21)11-3-1-10(2-4-11)14-7-12(18(22,23)24)8-15(14)16-6-5-13(9-26-16)29(25,27)28/h1-6,9,12H,7-8H2,(H2,25,27,28). The van der Waals surface area contributed by atoms with Crippen LogP contribution < -0.4 is 5.14 Å². The average molecular weight is 436 g/mol. The predicted molar refractivity (Wildman–Crippen MR) is 92.6 cm³/mol. The Kier molecular flexibility index (Phi) is 5.24. The summed E-state index contributed by atoms with van der Waals surface area (Å²) in [5, 5.41) is 4.99.